The monoisotopic (exact) mass is 331 g/mol. The molecular weight excluding hydrogens is 317 g/mol. The third-order valence-corrected chi connectivity index (χ3v) is 1.75. The van der Waals surface area contributed by atoms with Gasteiger partial charge in [0.15, 0.2) is 5.56 Å². The molecule has 6 heteroatoms. The Morgan fingerprint density at radius 3 is 2.63 bits per heavy atom. The van der Waals surface area contributed by atoms with Gasteiger partial charge < -0.3 is 12.4 Å². The van der Waals surface area contributed by atoms with Crippen LogP contribution < -0.4 is 5.56 Å². The van der Waals surface area contributed by atoms with E-state index >= 15 is 0 Å². The standard InChI is InChI=1S/C10H5N4O.C2H6.CH3.Y/c11-5-8-3-4-12-10(14-8)7-1-2-9(15)13-6-7;1-2;;/h1,3-4,6H,(H,13,15);1-2H3;1H3;/q-1;;-1;. The molecule has 0 saturated carbocycles. The second-order valence-corrected chi connectivity index (χ2v) is 2.74. The number of rotatable bonds is 1. The summed E-state index contributed by atoms with van der Waals surface area (Å²) in [5.74, 6) is 0.390. The summed E-state index contributed by atoms with van der Waals surface area (Å²) in [6.07, 6.45) is 2.97. The first-order chi connectivity index (χ1) is 8.29. The summed E-state index contributed by atoms with van der Waals surface area (Å²) >= 11 is 0. The molecule has 0 atom stereocenters. The van der Waals surface area contributed by atoms with E-state index in [-0.39, 0.29) is 51.4 Å². The summed E-state index contributed by atoms with van der Waals surface area (Å²) in [4.78, 5) is 21.2. The Morgan fingerprint density at radius 2 is 2.11 bits per heavy atom. The topological polar surface area (TPSA) is 82.4 Å². The van der Waals surface area contributed by atoms with E-state index in [4.69, 9.17) is 5.26 Å². The maximum absolute atomic E-state index is 10.8. The number of nitrogens with one attached hydrogen (secondary N) is 1. The van der Waals surface area contributed by atoms with Crippen molar-refractivity contribution < 1.29 is 32.7 Å². The van der Waals surface area contributed by atoms with Crippen molar-refractivity contribution in [1.29, 1.82) is 5.26 Å². The summed E-state index contributed by atoms with van der Waals surface area (Å²) in [6.45, 7) is 4.00. The van der Waals surface area contributed by atoms with Crippen LogP contribution in [0.1, 0.15) is 19.5 Å². The van der Waals surface area contributed by atoms with Gasteiger partial charge in [0.2, 0.25) is 0 Å². The number of aromatic amines is 1. The molecule has 0 aliphatic carbocycles. The predicted molar refractivity (Wildman–Crippen MR) is 69.4 cm³/mol. The number of aromatic nitrogens is 3. The van der Waals surface area contributed by atoms with E-state index in [1.165, 1.54) is 24.5 Å². The maximum atomic E-state index is 10.8. The van der Waals surface area contributed by atoms with E-state index in [2.05, 4.69) is 21.0 Å². The molecule has 0 aliphatic rings. The number of nitriles is 1. The third-order valence-electron chi connectivity index (χ3n) is 1.75. The quantitative estimate of drug-likeness (QED) is 0.810. The summed E-state index contributed by atoms with van der Waals surface area (Å²) < 4.78 is 0. The minimum Gasteiger partial charge on any atom is -0.362 e. The Bertz CT molecular complexity index is 569. The summed E-state index contributed by atoms with van der Waals surface area (Å²) in [6, 6.07) is 7.37. The van der Waals surface area contributed by atoms with E-state index in [0.29, 0.717) is 11.4 Å². The fourth-order valence-corrected chi connectivity index (χ4v) is 1.06. The molecule has 0 amide bonds. The largest absolute Gasteiger partial charge is 0.362 e. The van der Waals surface area contributed by atoms with Crippen LogP contribution in [0.15, 0.2) is 29.3 Å². The van der Waals surface area contributed by atoms with Crippen molar-refractivity contribution >= 4 is 0 Å². The van der Waals surface area contributed by atoms with Gasteiger partial charge in [0.05, 0.1) is 5.82 Å². The van der Waals surface area contributed by atoms with Gasteiger partial charge in [0.25, 0.3) is 0 Å². The second-order valence-electron chi connectivity index (χ2n) is 2.74. The van der Waals surface area contributed by atoms with Crippen molar-refractivity contribution in [2.24, 2.45) is 0 Å². The molecule has 0 saturated heterocycles. The summed E-state index contributed by atoms with van der Waals surface area (Å²) in [7, 11) is 0. The summed E-state index contributed by atoms with van der Waals surface area (Å²) in [5, 5.41) is 8.65. The van der Waals surface area contributed by atoms with Crippen LogP contribution in [0.3, 0.4) is 0 Å². The average Bonchev–Trinajstić information content (AvgIpc) is 2.42. The van der Waals surface area contributed by atoms with Gasteiger partial charge in [0, 0.05) is 38.9 Å². The van der Waals surface area contributed by atoms with Crippen molar-refractivity contribution in [3.05, 3.63) is 54.1 Å². The van der Waals surface area contributed by atoms with E-state index in [9.17, 15) is 4.79 Å². The Balaban J connectivity index is 0. The van der Waals surface area contributed by atoms with Crippen molar-refractivity contribution in [2.45, 2.75) is 13.8 Å². The Morgan fingerprint density at radius 1 is 1.42 bits per heavy atom. The Kier molecular flexibility index (Phi) is 11.1. The minimum absolute atomic E-state index is 0. The van der Waals surface area contributed by atoms with Crippen LogP contribution in [0, 0.1) is 24.8 Å². The number of hydrogen-bond donors (Lipinski definition) is 1. The van der Waals surface area contributed by atoms with E-state index in [0.717, 1.165) is 0 Å². The maximum Gasteiger partial charge on any atom is 0.155 e. The molecule has 0 unspecified atom stereocenters. The van der Waals surface area contributed by atoms with E-state index in [1.54, 1.807) is 0 Å². The smallest absolute Gasteiger partial charge is 0.155 e. The number of nitrogens with zero attached hydrogens (tertiary/aromatic N) is 3. The van der Waals surface area contributed by atoms with Gasteiger partial charge >= 0.3 is 0 Å². The molecule has 0 fully saturated rings. The van der Waals surface area contributed by atoms with Crippen LogP contribution in [0.25, 0.3) is 11.4 Å². The molecule has 1 radical (unpaired) electrons. The molecule has 0 aromatic carbocycles. The zero-order valence-electron chi connectivity index (χ0n) is 11.1. The first-order valence-corrected chi connectivity index (χ1v) is 5.13. The molecule has 0 spiro atoms. The van der Waals surface area contributed by atoms with Crippen molar-refractivity contribution in [1.82, 2.24) is 15.0 Å². The second kappa shape index (κ2) is 10.5. The molecule has 1 N–H and O–H groups in total. The van der Waals surface area contributed by atoms with E-state index < -0.39 is 0 Å². The van der Waals surface area contributed by atoms with Gasteiger partial charge in [-0.1, -0.05) is 20.0 Å². The van der Waals surface area contributed by atoms with Crippen molar-refractivity contribution in [2.75, 3.05) is 0 Å². The molecule has 5 nitrogen and oxygen atoms in total. The third kappa shape index (κ3) is 5.86. The van der Waals surface area contributed by atoms with Crippen LogP contribution in [0.4, 0.5) is 0 Å². The number of pyridine rings is 1. The fourth-order valence-electron chi connectivity index (χ4n) is 1.06. The normalized spacial score (nSPS) is 7.84. The van der Waals surface area contributed by atoms with Gasteiger partial charge in [-0.2, -0.15) is 11.3 Å². The van der Waals surface area contributed by atoms with E-state index in [1.807, 2.05) is 19.9 Å². The first kappa shape index (κ1) is 20.0. The van der Waals surface area contributed by atoms with Crippen LogP contribution in [0.5, 0.6) is 0 Å². The molecule has 0 aliphatic heterocycles. The summed E-state index contributed by atoms with van der Waals surface area (Å²) in [5.41, 5.74) is 0.591. The molecular formula is C13H14N4OY-2. The molecule has 2 heterocycles. The van der Waals surface area contributed by atoms with Gasteiger partial charge in [-0.05, 0) is 6.07 Å². The number of H-pyrrole nitrogens is 1. The van der Waals surface area contributed by atoms with Gasteiger partial charge in [-0.25, -0.2) is 11.1 Å². The number of hydrogen-bond acceptors (Lipinski definition) is 4. The van der Waals surface area contributed by atoms with Crippen LogP contribution in [0.2, 0.25) is 0 Å². The zero-order chi connectivity index (χ0) is 12.7. The van der Waals surface area contributed by atoms with Crippen molar-refractivity contribution in [3.8, 4) is 17.5 Å². The van der Waals surface area contributed by atoms with Gasteiger partial charge in [0.1, 0.15) is 11.8 Å². The van der Waals surface area contributed by atoms with Gasteiger partial charge in [-0.3, -0.25) is 9.78 Å². The minimum atomic E-state index is -0.310. The molecule has 2 aromatic heterocycles. The Labute approximate surface area is 138 Å². The SMILES string of the molecule is CC.N#Cc1ccnc(-c2c[c-]c(=O)[nH]c2)n1.[CH3-].[Y]. The van der Waals surface area contributed by atoms with Gasteiger partial charge in [-0.15, -0.1) is 5.56 Å². The fraction of sp³-hybridized carbons (Fsp3) is 0.154. The zero-order valence-corrected chi connectivity index (χ0v) is 14.0. The molecule has 2 rings (SSSR count). The average molecular weight is 331 g/mol. The molecule has 97 valence electrons. The van der Waals surface area contributed by atoms with Crippen LogP contribution in [-0.2, 0) is 32.7 Å². The van der Waals surface area contributed by atoms with Crippen LogP contribution in [-0.4, -0.2) is 15.0 Å². The predicted octanol–water partition coefficient (Wildman–Crippen LogP) is 1.98. The molecule has 19 heavy (non-hydrogen) atoms. The molecule has 0 bridgehead atoms. The van der Waals surface area contributed by atoms with Crippen LogP contribution >= 0.6 is 0 Å². The van der Waals surface area contributed by atoms with Crippen molar-refractivity contribution in [3.63, 3.8) is 0 Å². The Hall–Kier alpha value is -1.38. The molecule has 2 aromatic rings. The first-order valence-electron chi connectivity index (χ1n) is 5.13.